The lowest BCUT2D eigenvalue weighted by Gasteiger charge is -2.00. The Kier molecular flexibility index (Phi) is 3.74. The van der Waals surface area contributed by atoms with Crippen molar-refractivity contribution in [2.75, 3.05) is 0 Å². The van der Waals surface area contributed by atoms with Gasteiger partial charge in [0, 0.05) is 10.6 Å². The monoisotopic (exact) mass is 254 g/mol. The first-order valence-electron chi connectivity index (χ1n) is 4.59. The molecule has 1 aromatic carbocycles. The summed E-state index contributed by atoms with van der Waals surface area (Å²) in [4.78, 5) is 9.05. The van der Waals surface area contributed by atoms with Crippen LogP contribution in [-0.2, 0) is 5.75 Å². The molecule has 0 fully saturated rings. The van der Waals surface area contributed by atoms with Crippen molar-refractivity contribution in [2.45, 2.75) is 10.6 Å². The van der Waals surface area contributed by atoms with Gasteiger partial charge < -0.3 is 0 Å². The van der Waals surface area contributed by atoms with Crippen LogP contribution in [0.5, 0.6) is 0 Å². The number of hydrogen-bond acceptors (Lipinski definition) is 3. The fourth-order valence-electron chi connectivity index (χ4n) is 1.10. The van der Waals surface area contributed by atoms with E-state index in [-0.39, 0.29) is 5.82 Å². The van der Waals surface area contributed by atoms with E-state index in [1.54, 1.807) is 30.1 Å². The number of thioether (sulfide) groups is 1. The van der Waals surface area contributed by atoms with Gasteiger partial charge in [0.15, 0.2) is 0 Å². The molecule has 0 unspecified atom stereocenters. The van der Waals surface area contributed by atoms with Gasteiger partial charge in [0.2, 0.25) is 0 Å². The van der Waals surface area contributed by atoms with Crippen LogP contribution in [0.2, 0.25) is 5.15 Å². The van der Waals surface area contributed by atoms with E-state index >= 15 is 0 Å². The molecule has 2 aromatic rings. The first-order valence-corrected chi connectivity index (χ1v) is 5.95. The molecule has 82 valence electrons. The summed E-state index contributed by atoms with van der Waals surface area (Å²) >= 11 is 7.20. The van der Waals surface area contributed by atoms with Crippen LogP contribution in [0.15, 0.2) is 41.6 Å². The molecular formula is C11H8ClFN2S. The van der Waals surface area contributed by atoms with Crippen LogP contribution in [0.1, 0.15) is 5.69 Å². The third-order valence-electron chi connectivity index (χ3n) is 1.87. The highest BCUT2D eigenvalue weighted by molar-refractivity contribution is 7.98. The summed E-state index contributed by atoms with van der Waals surface area (Å²) in [5.41, 5.74) is 0.846. The van der Waals surface area contributed by atoms with Crippen LogP contribution in [0, 0.1) is 5.82 Å². The van der Waals surface area contributed by atoms with Crippen LogP contribution in [0.25, 0.3) is 0 Å². The van der Waals surface area contributed by atoms with Crippen LogP contribution < -0.4 is 0 Å². The average Bonchev–Trinajstić information content (AvgIpc) is 2.30. The molecule has 2 nitrogen and oxygen atoms in total. The molecule has 0 atom stereocenters. The Morgan fingerprint density at radius 2 is 1.88 bits per heavy atom. The van der Waals surface area contributed by atoms with E-state index in [0.717, 1.165) is 10.6 Å². The second kappa shape index (κ2) is 5.27. The molecule has 0 amide bonds. The first kappa shape index (κ1) is 11.4. The molecular weight excluding hydrogens is 247 g/mol. The number of nitrogens with zero attached hydrogens (tertiary/aromatic N) is 2. The highest BCUT2D eigenvalue weighted by Gasteiger charge is 1.99. The van der Waals surface area contributed by atoms with E-state index in [4.69, 9.17) is 11.6 Å². The lowest BCUT2D eigenvalue weighted by Crippen LogP contribution is -1.88. The molecule has 0 bridgehead atoms. The Hall–Kier alpha value is -1.13. The van der Waals surface area contributed by atoms with Gasteiger partial charge in [-0.3, -0.25) is 4.98 Å². The van der Waals surface area contributed by atoms with Gasteiger partial charge in [-0.05, 0) is 24.3 Å². The lowest BCUT2D eigenvalue weighted by atomic mass is 10.4. The predicted octanol–water partition coefficient (Wildman–Crippen LogP) is 3.56. The summed E-state index contributed by atoms with van der Waals surface area (Å²) in [6.07, 6.45) is 3.15. The number of aromatic nitrogens is 2. The maximum absolute atomic E-state index is 12.6. The second-order valence-corrected chi connectivity index (χ2v) is 4.51. The van der Waals surface area contributed by atoms with Gasteiger partial charge in [0.05, 0.1) is 18.1 Å². The third-order valence-corrected chi connectivity index (χ3v) is 3.11. The van der Waals surface area contributed by atoms with Crippen molar-refractivity contribution in [1.82, 2.24) is 9.97 Å². The van der Waals surface area contributed by atoms with E-state index in [2.05, 4.69) is 9.97 Å². The van der Waals surface area contributed by atoms with E-state index in [9.17, 15) is 4.39 Å². The van der Waals surface area contributed by atoms with Gasteiger partial charge in [0.25, 0.3) is 0 Å². The Morgan fingerprint density at radius 1 is 1.12 bits per heavy atom. The molecule has 1 aromatic heterocycles. The first-order chi connectivity index (χ1) is 7.74. The van der Waals surface area contributed by atoms with Crippen molar-refractivity contribution in [2.24, 2.45) is 0 Å². The van der Waals surface area contributed by atoms with Crippen molar-refractivity contribution in [1.29, 1.82) is 0 Å². The third kappa shape index (κ3) is 3.18. The molecule has 0 spiro atoms. The lowest BCUT2D eigenvalue weighted by molar-refractivity contribution is 0.626. The Balaban J connectivity index is 1.97. The summed E-state index contributed by atoms with van der Waals surface area (Å²) in [7, 11) is 0. The van der Waals surface area contributed by atoms with Crippen LogP contribution >= 0.6 is 23.4 Å². The van der Waals surface area contributed by atoms with Gasteiger partial charge in [-0.15, -0.1) is 11.8 Å². The largest absolute Gasteiger partial charge is 0.256 e. The summed E-state index contributed by atoms with van der Waals surface area (Å²) in [6.45, 7) is 0. The molecule has 0 saturated heterocycles. The van der Waals surface area contributed by atoms with Crippen LogP contribution in [0.3, 0.4) is 0 Å². The van der Waals surface area contributed by atoms with E-state index < -0.39 is 0 Å². The summed E-state index contributed by atoms with van der Waals surface area (Å²) in [5, 5.41) is 0.385. The maximum Gasteiger partial charge on any atom is 0.147 e. The smallest absolute Gasteiger partial charge is 0.147 e. The van der Waals surface area contributed by atoms with Crippen LogP contribution in [0.4, 0.5) is 4.39 Å². The zero-order chi connectivity index (χ0) is 11.4. The molecule has 0 N–H and O–H groups in total. The van der Waals surface area contributed by atoms with Crippen LogP contribution in [-0.4, -0.2) is 9.97 Å². The minimum Gasteiger partial charge on any atom is -0.256 e. The minimum absolute atomic E-state index is 0.226. The molecule has 2 rings (SSSR count). The van der Waals surface area contributed by atoms with Gasteiger partial charge in [0.1, 0.15) is 11.0 Å². The number of rotatable bonds is 3. The second-order valence-electron chi connectivity index (χ2n) is 3.07. The minimum atomic E-state index is -0.226. The molecule has 16 heavy (non-hydrogen) atoms. The van der Waals surface area contributed by atoms with Crippen molar-refractivity contribution in [3.63, 3.8) is 0 Å². The number of halogens is 2. The normalized spacial score (nSPS) is 10.4. The van der Waals surface area contributed by atoms with Gasteiger partial charge >= 0.3 is 0 Å². The average molecular weight is 255 g/mol. The topological polar surface area (TPSA) is 25.8 Å². The Labute approximate surface area is 102 Å². The zero-order valence-electron chi connectivity index (χ0n) is 8.23. The maximum atomic E-state index is 12.6. The number of hydrogen-bond donors (Lipinski definition) is 0. The zero-order valence-corrected chi connectivity index (χ0v) is 9.80. The van der Waals surface area contributed by atoms with Gasteiger partial charge in [-0.25, -0.2) is 9.37 Å². The highest BCUT2D eigenvalue weighted by atomic mass is 35.5. The fraction of sp³-hybridized carbons (Fsp3) is 0.0909. The van der Waals surface area contributed by atoms with E-state index in [0.29, 0.717) is 10.9 Å². The number of benzene rings is 1. The van der Waals surface area contributed by atoms with Crippen molar-refractivity contribution >= 4 is 23.4 Å². The molecule has 1 heterocycles. The Bertz CT molecular complexity index is 413. The molecule has 0 aliphatic heterocycles. The molecule has 0 aliphatic rings. The molecule has 0 saturated carbocycles. The fourth-order valence-corrected chi connectivity index (χ4v) is 1.99. The molecule has 0 aliphatic carbocycles. The Morgan fingerprint density at radius 3 is 2.50 bits per heavy atom. The van der Waals surface area contributed by atoms with Crippen molar-refractivity contribution in [3.8, 4) is 0 Å². The quantitative estimate of drug-likeness (QED) is 0.784. The van der Waals surface area contributed by atoms with Crippen molar-refractivity contribution < 1.29 is 4.39 Å². The van der Waals surface area contributed by atoms with Gasteiger partial charge in [-0.2, -0.15) is 0 Å². The van der Waals surface area contributed by atoms with E-state index in [1.807, 2.05) is 0 Å². The predicted molar refractivity (Wildman–Crippen MR) is 63.0 cm³/mol. The van der Waals surface area contributed by atoms with E-state index in [1.165, 1.54) is 18.3 Å². The van der Waals surface area contributed by atoms with Crippen molar-refractivity contribution in [3.05, 3.63) is 53.3 Å². The SMILES string of the molecule is Fc1ccc(SCc2cnc(Cl)cn2)cc1. The highest BCUT2D eigenvalue weighted by Crippen LogP contribution is 2.21. The molecule has 0 radical (unpaired) electrons. The summed E-state index contributed by atoms with van der Waals surface area (Å²) < 4.78 is 12.6. The standard InChI is InChI=1S/C11H8ClFN2S/c12-11-6-14-9(5-15-11)7-16-10-3-1-8(13)2-4-10/h1-6H,7H2. The molecule has 5 heteroatoms. The van der Waals surface area contributed by atoms with Gasteiger partial charge in [-0.1, -0.05) is 11.6 Å². The summed E-state index contributed by atoms with van der Waals surface area (Å²) in [5.74, 6) is 0.464. The summed E-state index contributed by atoms with van der Waals surface area (Å²) in [6, 6.07) is 6.36.